The number of nitrogens with one attached hydrogen (secondary N) is 1. The second kappa shape index (κ2) is 15.2. The standard InChI is InChI=1S/C22H48N2/c1-20(2)19-21(3)15-16-22(4,5)24-18-14-12-10-8-6-7-9-11-13-17-23/h20-21,24H,6-19,23H2,1-5H3. The molecule has 146 valence electrons. The molecule has 0 bridgehead atoms. The van der Waals surface area contributed by atoms with E-state index in [1.807, 2.05) is 0 Å². The van der Waals surface area contributed by atoms with Crippen molar-refractivity contribution in [1.29, 1.82) is 0 Å². The average molecular weight is 341 g/mol. The van der Waals surface area contributed by atoms with Crippen LogP contribution in [0.3, 0.4) is 0 Å². The van der Waals surface area contributed by atoms with E-state index < -0.39 is 0 Å². The van der Waals surface area contributed by atoms with Crippen LogP contribution in [-0.2, 0) is 0 Å². The highest BCUT2D eigenvalue weighted by Crippen LogP contribution is 2.21. The molecule has 2 nitrogen and oxygen atoms in total. The first-order chi connectivity index (χ1) is 11.4. The van der Waals surface area contributed by atoms with E-state index in [1.54, 1.807) is 0 Å². The summed E-state index contributed by atoms with van der Waals surface area (Å²) in [6, 6.07) is 0. The topological polar surface area (TPSA) is 38.0 Å². The van der Waals surface area contributed by atoms with E-state index in [1.165, 1.54) is 83.6 Å². The molecule has 0 aliphatic heterocycles. The molecule has 0 radical (unpaired) electrons. The third-order valence-electron chi connectivity index (χ3n) is 5.12. The zero-order valence-electron chi connectivity index (χ0n) is 17.6. The van der Waals surface area contributed by atoms with Gasteiger partial charge >= 0.3 is 0 Å². The molecule has 0 aromatic carbocycles. The van der Waals surface area contributed by atoms with E-state index in [9.17, 15) is 0 Å². The first-order valence-electron chi connectivity index (χ1n) is 10.8. The lowest BCUT2D eigenvalue weighted by Crippen LogP contribution is -2.40. The molecule has 0 heterocycles. The predicted molar refractivity (Wildman–Crippen MR) is 111 cm³/mol. The molecule has 0 aromatic heterocycles. The van der Waals surface area contributed by atoms with Crippen LogP contribution in [0.4, 0.5) is 0 Å². The van der Waals surface area contributed by atoms with Crippen molar-refractivity contribution in [1.82, 2.24) is 5.32 Å². The van der Waals surface area contributed by atoms with Gasteiger partial charge in [0.05, 0.1) is 0 Å². The van der Waals surface area contributed by atoms with E-state index in [4.69, 9.17) is 5.73 Å². The van der Waals surface area contributed by atoms with Crippen LogP contribution >= 0.6 is 0 Å². The van der Waals surface area contributed by atoms with Gasteiger partial charge in [0.2, 0.25) is 0 Å². The van der Waals surface area contributed by atoms with Gasteiger partial charge in [0.25, 0.3) is 0 Å². The Morgan fingerprint density at radius 2 is 1.29 bits per heavy atom. The molecule has 0 spiro atoms. The third-order valence-corrected chi connectivity index (χ3v) is 5.12. The van der Waals surface area contributed by atoms with Crippen LogP contribution in [0, 0.1) is 11.8 Å². The molecule has 1 atom stereocenters. The Balaban J connectivity index is 3.45. The van der Waals surface area contributed by atoms with E-state index >= 15 is 0 Å². The maximum atomic E-state index is 5.51. The highest BCUT2D eigenvalue weighted by molar-refractivity contribution is 4.78. The normalized spacial score (nSPS) is 13.6. The number of rotatable bonds is 17. The maximum Gasteiger partial charge on any atom is 0.0125 e. The minimum atomic E-state index is 0.300. The van der Waals surface area contributed by atoms with Gasteiger partial charge in [0, 0.05) is 5.54 Å². The second-order valence-electron chi connectivity index (χ2n) is 9.05. The molecule has 24 heavy (non-hydrogen) atoms. The summed E-state index contributed by atoms with van der Waals surface area (Å²) in [5, 5.41) is 3.78. The molecule has 0 fully saturated rings. The molecule has 0 saturated heterocycles. The summed E-state index contributed by atoms with van der Waals surface area (Å²) in [5.74, 6) is 1.69. The van der Waals surface area contributed by atoms with Gasteiger partial charge in [-0.1, -0.05) is 65.7 Å². The first kappa shape index (κ1) is 23.9. The van der Waals surface area contributed by atoms with Crippen molar-refractivity contribution in [2.75, 3.05) is 13.1 Å². The highest BCUT2D eigenvalue weighted by atomic mass is 14.9. The minimum Gasteiger partial charge on any atom is -0.330 e. The Kier molecular flexibility index (Phi) is 15.1. The number of hydrogen-bond acceptors (Lipinski definition) is 2. The van der Waals surface area contributed by atoms with Gasteiger partial charge in [-0.2, -0.15) is 0 Å². The van der Waals surface area contributed by atoms with Gasteiger partial charge in [-0.3, -0.25) is 0 Å². The van der Waals surface area contributed by atoms with Crippen LogP contribution in [0.15, 0.2) is 0 Å². The predicted octanol–water partition coefficient (Wildman–Crippen LogP) is 6.29. The zero-order valence-corrected chi connectivity index (χ0v) is 17.6. The fraction of sp³-hybridized carbons (Fsp3) is 1.00. The molecule has 1 unspecified atom stereocenters. The van der Waals surface area contributed by atoms with Gasteiger partial charge < -0.3 is 11.1 Å². The average Bonchev–Trinajstić information content (AvgIpc) is 2.50. The lowest BCUT2D eigenvalue weighted by atomic mass is 9.88. The molecule has 0 aliphatic rings. The maximum absolute atomic E-state index is 5.51. The molecular weight excluding hydrogens is 292 g/mol. The second-order valence-corrected chi connectivity index (χ2v) is 9.05. The largest absolute Gasteiger partial charge is 0.330 e. The van der Waals surface area contributed by atoms with Gasteiger partial charge in [-0.05, 0) is 70.9 Å². The van der Waals surface area contributed by atoms with Crippen molar-refractivity contribution < 1.29 is 0 Å². The van der Waals surface area contributed by atoms with Crippen molar-refractivity contribution >= 4 is 0 Å². The Morgan fingerprint density at radius 1 is 0.792 bits per heavy atom. The lowest BCUT2D eigenvalue weighted by Gasteiger charge is -2.28. The molecule has 0 aliphatic carbocycles. The van der Waals surface area contributed by atoms with Crippen LogP contribution in [-0.4, -0.2) is 18.6 Å². The SMILES string of the molecule is CC(C)CC(C)CCC(C)(C)NCCCCCCCCCCCN. The van der Waals surface area contributed by atoms with Crippen LogP contribution in [0.1, 0.15) is 112 Å². The van der Waals surface area contributed by atoms with Crippen molar-refractivity contribution in [3.63, 3.8) is 0 Å². The van der Waals surface area contributed by atoms with Crippen LogP contribution in [0.25, 0.3) is 0 Å². The smallest absolute Gasteiger partial charge is 0.0125 e. The fourth-order valence-corrected chi connectivity index (χ4v) is 3.55. The quantitative estimate of drug-likeness (QED) is 0.305. The summed E-state index contributed by atoms with van der Waals surface area (Å²) < 4.78 is 0. The zero-order chi connectivity index (χ0) is 18.3. The third kappa shape index (κ3) is 16.8. The summed E-state index contributed by atoms with van der Waals surface area (Å²) >= 11 is 0. The van der Waals surface area contributed by atoms with E-state index in [-0.39, 0.29) is 0 Å². The number of unbranched alkanes of at least 4 members (excludes halogenated alkanes) is 8. The van der Waals surface area contributed by atoms with Crippen LogP contribution in [0.2, 0.25) is 0 Å². The summed E-state index contributed by atoms with van der Waals surface area (Å²) in [5.41, 5.74) is 5.81. The van der Waals surface area contributed by atoms with Crippen molar-refractivity contribution in [2.45, 2.75) is 117 Å². The molecule has 0 rings (SSSR count). The molecule has 0 saturated carbocycles. The van der Waals surface area contributed by atoms with Crippen molar-refractivity contribution in [3.8, 4) is 0 Å². The summed E-state index contributed by atoms with van der Waals surface area (Å²) in [6.07, 6.45) is 16.3. The van der Waals surface area contributed by atoms with Crippen LogP contribution in [0.5, 0.6) is 0 Å². The fourth-order valence-electron chi connectivity index (χ4n) is 3.55. The first-order valence-corrected chi connectivity index (χ1v) is 10.8. The Morgan fingerprint density at radius 3 is 1.79 bits per heavy atom. The Bertz CT molecular complexity index is 261. The van der Waals surface area contributed by atoms with E-state index in [0.717, 1.165) is 18.4 Å². The molecule has 3 N–H and O–H groups in total. The lowest BCUT2D eigenvalue weighted by molar-refractivity contribution is 0.306. The number of nitrogens with two attached hydrogens (primary N) is 1. The summed E-state index contributed by atoms with van der Waals surface area (Å²) in [4.78, 5) is 0. The molecule has 0 amide bonds. The van der Waals surface area contributed by atoms with Crippen molar-refractivity contribution in [3.05, 3.63) is 0 Å². The molecular formula is C22H48N2. The van der Waals surface area contributed by atoms with Gasteiger partial charge in [-0.25, -0.2) is 0 Å². The van der Waals surface area contributed by atoms with Gasteiger partial charge in [0.1, 0.15) is 0 Å². The minimum absolute atomic E-state index is 0.300. The van der Waals surface area contributed by atoms with E-state index in [2.05, 4.69) is 39.9 Å². The highest BCUT2D eigenvalue weighted by Gasteiger charge is 2.18. The van der Waals surface area contributed by atoms with Gasteiger partial charge in [0.15, 0.2) is 0 Å². The Hall–Kier alpha value is -0.0800. The molecule has 0 aromatic rings. The monoisotopic (exact) mass is 340 g/mol. The summed E-state index contributed by atoms with van der Waals surface area (Å²) in [6.45, 7) is 13.9. The van der Waals surface area contributed by atoms with E-state index in [0.29, 0.717) is 5.54 Å². The van der Waals surface area contributed by atoms with Crippen molar-refractivity contribution in [2.24, 2.45) is 17.6 Å². The Labute approximate surface area is 153 Å². The molecule has 2 heteroatoms. The van der Waals surface area contributed by atoms with Crippen LogP contribution < -0.4 is 11.1 Å². The van der Waals surface area contributed by atoms with Gasteiger partial charge in [-0.15, -0.1) is 0 Å². The summed E-state index contributed by atoms with van der Waals surface area (Å²) in [7, 11) is 0. The number of hydrogen-bond donors (Lipinski definition) is 2.